The first kappa shape index (κ1) is 12.1. The minimum absolute atomic E-state index is 0.329. The second kappa shape index (κ2) is 4.68. The van der Waals surface area contributed by atoms with Crippen molar-refractivity contribution in [1.82, 2.24) is 9.88 Å². The number of nitrogens with zero attached hydrogens (tertiary/aromatic N) is 2. The average molecular weight is 212 g/mol. The predicted octanol–water partition coefficient (Wildman–Crippen LogP) is 1.42. The normalized spacial score (nSPS) is 12.1. The van der Waals surface area contributed by atoms with E-state index >= 15 is 0 Å². The third kappa shape index (κ3) is 4.85. The summed E-state index contributed by atoms with van der Waals surface area (Å²) in [4.78, 5) is 5.70. The van der Waals surface area contributed by atoms with Crippen molar-refractivity contribution < 1.29 is 9.50 Å². The molecule has 0 fully saturated rings. The fourth-order valence-corrected chi connectivity index (χ4v) is 1.57. The highest BCUT2D eigenvalue weighted by Gasteiger charge is 2.15. The van der Waals surface area contributed by atoms with Crippen LogP contribution in [0.3, 0.4) is 0 Å². The van der Waals surface area contributed by atoms with E-state index in [9.17, 15) is 9.50 Å². The van der Waals surface area contributed by atoms with E-state index in [0.717, 1.165) is 5.56 Å². The molecule has 0 aliphatic rings. The van der Waals surface area contributed by atoms with Gasteiger partial charge in [0.2, 0.25) is 0 Å². The molecule has 0 aliphatic carbocycles. The minimum Gasteiger partial charge on any atom is -0.389 e. The van der Waals surface area contributed by atoms with Gasteiger partial charge in [0.15, 0.2) is 0 Å². The standard InChI is InChI=1S/C11H17FN2O/c1-11(2,15)8-14(3)7-9-4-10(12)6-13-5-9/h4-6,15H,7-8H2,1-3H3. The third-order valence-corrected chi connectivity index (χ3v) is 1.87. The molecule has 0 aliphatic heterocycles. The molecule has 0 spiro atoms. The number of pyridine rings is 1. The molecule has 0 amide bonds. The van der Waals surface area contributed by atoms with Gasteiger partial charge < -0.3 is 5.11 Å². The zero-order valence-electron chi connectivity index (χ0n) is 9.37. The maximum absolute atomic E-state index is 12.8. The zero-order chi connectivity index (χ0) is 11.5. The first-order valence-electron chi connectivity index (χ1n) is 4.87. The molecular formula is C11H17FN2O. The number of halogens is 1. The van der Waals surface area contributed by atoms with Crippen LogP contribution in [-0.4, -0.2) is 34.2 Å². The molecule has 1 heterocycles. The van der Waals surface area contributed by atoms with E-state index in [4.69, 9.17) is 0 Å². The Morgan fingerprint density at radius 1 is 1.47 bits per heavy atom. The van der Waals surface area contributed by atoms with Crippen LogP contribution in [0.5, 0.6) is 0 Å². The molecule has 4 heteroatoms. The number of hydrogen-bond donors (Lipinski definition) is 1. The minimum atomic E-state index is -0.741. The fraction of sp³-hybridized carbons (Fsp3) is 0.545. The first-order chi connectivity index (χ1) is 6.87. The number of aromatic nitrogens is 1. The molecule has 15 heavy (non-hydrogen) atoms. The third-order valence-electron chi connectivity index (χ3n) is 1.87. The Hall–Kier alpha value is -1.00. The van der Waals surface area contributed by atoms with Crippen LogP contribution in [0.15, 0.2) is 18.5 Å². The van der Waals surface area contributed by atoms with E-state index in [-0.39, 0.29) is 5.82 Å². The van der Waals surface area contributed by atoms with Crippen molar-refractivity contribution in [3.63, 3.8) is 0 Å². The second-order valence-electron chi connectivity index (χ2n) is 4.50. The maximum atomic E-state index is 12.8. The quantitative estimate of drug-likeness (QED) is 0.820. The van der Waals surface area contributed by atoms with Crippen molar-refractivity contribution in [3.05, 3.63) is 29.8 Å². The van der Waals surface area contributed by atoms with Crippen molar-refractivity contribution in [1.29, 1.82) is 0 Å². The average Bonchev–Trinajstić information content (AvgIpc) is 1.99. The molecule has 0 saturated carbocycles. The van der Waals surface area contributed by atoms with Gasteiger partial charge in [-0.15, -0.1) is 0 Å². The van der Waals surface area contributed by atoms with Gasteiger partial charge in [0.25, 0.3) is 0 Å². The molecule has 0 unspecified atom stereocenters. The fourth-order valence-electron chi connectivity index (χ4n) is 1.57. The molecule has 0 atom stereocenters. The molecule has 0 bridgehead atoms. The van der Waals surface area contributed by atoms with Gasteiger partial charge in [0.05, 0.1) is 11.8 Å². The smallest absolute Gasteiger partial charge is 0.141 e. The van der Waals surface area contributed by atoms with Crippen LogP contribution in [0, 0.1) is 5.82 Å². The molecule has 3 nitrogen and oxygen atoms in total. The van der Waals surface area contributed by atoms with Crippen molar-refractivity contribution in [2.45, 2.75) is 26.0 Å². The van der Waals surface area contributed by atoms with E-state index in [0.29, 0.717) is 13.1 Å². The van der Waals surface area contributed by atoms with E-state index in [1.807, 2.05) is 11.9 Å². The number of likely N-dealkylation sites (N-methyl/N-ethyl adjacent to an activating group) is 1. The van der Waals surface area contributed by atoms with E-state index in [2.05, 4.69) is 4.98 Å². The molecule has 1 rings (SSSR count). The summed E-state index contributed by atoms with van der Waals surface area (Å²) in [6, 6.07) is 1.45. The van der Waals surface area contributed by atoms with Crippen LogP contribution >= 0.6 is 0 Å². The first-order valence-corrected chi connectivity index (χ1v) is 4.87. The number of hydrogen-bond acceptors (Lipinski definition) is 3. The van der Waals surface area contributed by atoms with Gasteiger partial charge in [-0.05, 0) is 32.5 Å². The van der Waals surface area contributed by atoms with Crippen molar-refractivity contribution >= 4 is 0 Å². The van der Waals surface area contributed by atoms with Crippen LogP contribution < -0.4 is 0 Å². The highest BCUT2D eigenvalue weighted by atomic mass is 19.1. The van der Waals surface area contributed by atoms with E-state index < -0.39 is 5.60 Å². The lowest BCUT2D eigenvalue weighted by Gasteiger charge is -2.25. The Morgan fingerprint density at radius 2 is 2.13 bits per heavy atom. The summed E-state index contributed by atoms with van der Waals surface area (Å²) >= 11 is 0. The van der Waals surface area contributed by atoms with Gasteiger partial charge in [0, 0.05) is 19.3 Å². The van der Waals surface area contributed by atoms with Crippen LogP contribution in [-0.2, 0) is 6.54 Å². The van der Waals surface area contributed by atoms with Crippen LogP contribution in [0.4, 0.5) is 4.39 Å². The molecule has 0 aromatic carbocycles. The van der Waals surface area contributed by atoms with Gasteiger partial charge in [-0.3, -0.25) is 9.88 Å². The Morgan fingerprint density at radius 3 is 2.67 bits per heavy atom. The summed E-state index contributed by atoms with van der Waals surface area (Å²) in [5.74, 6) is -0.329. The second-order valence-corrected chi connectivity index (χ2v) is 4.50. The summed E-state index contributed by atoms with van der Waals surface area (Å²) < 4.78 is 12.8. The monoisotopic (exact) mass is 212 g/mol. The Kier molecular flexibility index (Phi) is 3.77. The van der Waals surface area contributed by atoms with E-state index in [1.165, 1.54) is 12.3 Å². The topological polar surface area (TPSA) is 36.4 Å². The molecule has 0 saturated heterocycles. The molecule has 0 radical (unpaired) electrons. The van der Waals surface area contributed by atoms with Crippen molar-refractivity contribution in [3.8, 4) is 0 Å². The van der Waals surface area contributed by atoms with Crippen molar-refractivity contribution in [2.75, 3.05) is 13.6 Å². The van der Waals surface area contributed by atoms with Crippen LogP contribution in [0.25, 0.3) is 0 Å². The van der Waals surface area contributed by atoms with Crippen LogP contribution in [0.1, 0.15) is 19.4 Å². The van der Waals surface area contributed by atoms with Gasteiger partial charge >= 0.3 is 0 Å². The number of rotatable bonds is 4. The molecule has 1 N–H and O–H groups in total. The summed E-state index contributed by atoms with van der Waals surface area (Å²) in [6.07, 6.45) is 2.81. The molecule has 1 aromatic rings. The lowest BCUT2D eigenvalue weighted by Crippen LogP contribution is -2.35. The molecule has 84 valence electrons. The maximum Gasteiger partial charge on any atom is 0.141 e. The highest BCUT2D eigenvalue weighted by Crippen LogP contribution is 2.08. The number of aliphatic hydroxyl groups is 1. The van der Waals surface area contributed by atoms with Gasteiger partial charge in [-0.2, -0.15) is 0 Å². The van der Waals surface area contributed by atoms with Crippen LogP contribution in [0.2, 0.25) is 0 Å². The Bertz CT molecular complexity index is 323. The predicted molar refractivity (Wildman–Crippen MR) is 56.8 cm³/mol. The highest BCUT2D eigenvalue weighted by molar-refractivity contribution is 5.09. The summed E-state index contributed by atoms with van der Waals surface area (Å²) in [6.45, 7) is 4.60. The van der Waals surface area contributed by atoms with Gasteiger partial charge in [0.1, 0.15) is 5.82 Å². The zero-order valence-corrected chi connectivity index (χ0v) is 9.37. The largest absolute Gasteiger partial charge is 0.389 e. The summed E-state index contributed by atoms with van der Waals surface area (Å²) in [5.41, 5.74) is 0.0666. The molecule has 1 aromatic heterocycles. The lowest BCUT2D eigenvalue weighted by molar-refractivity contribution is 0.0424. The molecular weight excluding hydrogens is 195 g/mol. The lowest BCUT2D eigenvalue weighted by atomic mass is 10.1. The van der Waals surface area contributed by atoms with E-state index in [1.54, 1.807) is 20.0 Å². The summed E-state index contributed by atoms with van der Waals surface area (Å²) in [5, 5.41) is 9.59. The van der Waals surface area contributed by atoms with Gasteiger partial charge in [-0.25, -0.2) is 4.39 Å². The van der Waals surface area contributed by atoms with Gasteiger partial charge in [-0.1, -0.05) is 0 Å². The SMILES string of the molecule is CN(Cc1cncc(F)c1)CC(C)(C)O. The summed E-state index contributed by atoms with van der Waals surface area (Å²) in [7, 11) is 1.88. The Labute approximate surface area is 89.6 Å². The Balaban J connectivity index is 2.55. The van der Waals surface area contributed by atoms with Crippen molar-refractivity contribution in [2.24, 2.45) is 0 Å².